The Kier molecular flexibility index (Phi) is 5.60. The fourth-order valence-electron chi connectivity index (χ4n) is 9.14. The molecule has 12 rings (SSSR count). The quantitative estimate of drug-likeness (QED) is 0.183. The van der Waals surface area contributed by atoms with Gasteiger partial charge in [-0.25, -0.2) is 4.99 Å². The molecule has 0 aliphatic carbocycles. The molecule has 2 aliphatic rings. The summed E-state index contributed by atoms with van der Waals surface area (Å²) < 4.78 is 5.03. The summed E-state index contributed by atoms with van der Waals surface area (Å²) in [6, 6.07) is 62.1. The average Bonchev–Trinajstić information content (AvgIpc) is 3.84. The number of rotatable bonds is 3. The summed E-state index contributed by atoms with van der Waals surface area (Å²) in [7, 11) is 0. The maximum atomic E-state index is 5.38. The molecular formula is C48H31N4+. The van der Waals surface area contributed by atoms with Crippen LogP contribution >= 0.6 is 0 Å². The highest BCUT2D eigenvalue weighted by Crippen LogP contribution is 2.46. The molecular weight excluding hydrogens is 633 g/mol. The summed E-state index contributed by atoms with van der Waals surface area (Å²) in [5.74, 6) is 0. The second-order valence-corrected chi connectivity index (χ2v) is 14.1. The van der Waals surface area contributed by atoms with Crippen LogP contribution in [0.3, 0.4) is 0 Å². The van der Waals surface area contributed by atoms with E-state index in [4.69, 9.17) is 4.99 Å². The zero-order chi connectivity index (χ0) is 33.9. The van der Waals surface area contributed by atoms with Gasteiger partial charge in [0.1, 0.15) is 11.4 Å². The van der Waals surface area contributed by atoms with Gasteiger partial charge in [-0.05, 0) is 69.4 Å². The van der Waals surface area contributed by atoms with E-state index in [1.54, 1.807) is 0 Å². The summed E-state index contributed by atoms with van der Waals surface area (Å²) in [4.78, 5) is 5.38. The topological polar surface area (TPSA) is 38.8 Å². The van der Waals surface area contributed by atoms with Crippen LogP contribution < -0.4 is 5.32 Å². The van der Waals surface area contributed by atoms with Crippen molar-refractivity contribution >= 4 is 71.5 Å². The molecule has 0 fully saturated rings. The van der Waals surface area contributed by atoms with E-state index in [0.29, 0.717) is 0 Å². The molecule has 4 heteroatoms. The van der Waals surface area contributed by atoms with Gasteiger partial charge in [0.25, 0.3) is 0 Å². The molecule has 242 valence electrons. The van der Waals surface area contributed by atoms with Crippen LogP contribution in [0.4, 0.5) is 11.4 Å². The molecule has 1 atom stereocenters. The van der Waals surface area contributed by atoms with Crippen molar-refractivity contribution in [2.45, 2.75) is 6.17 Å². The van der Waals surface area contributed by atoms with E-state index in [-0.39, 0.29) is 6.17 Å². The number of fused-ring (bicyclic) bond motifs is 12. The van der Waals surface area contributed by atoms with Crippen molar-refractivity contribution in [3.63, 3.8) is 0 Å². The van der Waals surface area contributed by atoms with Gasteiger partial charge >= 0.3 is 0 Å². The van der Waals surface area contributed by atoms with Gasteiger partial charge in [0.05, 0.1) is 22.1 Å². The number of nitrogens with two attached hydrogens (primary N) is 1. The van der Waals surface area contributed by atoms with Crippen molar-refractivity contribution in [3.05, 3.63) is 175 Å². The van der Waals surface area contributed by atoms with Crippen LogP contribution in [-0.4, -0.2) is 14.8 Å². The Morgan fingerprint density at radius 2 is 1.17 bits per heavy atom. The van der Waals surface area contributed by atoms with Gasteiger partial charge in [-0.15, -0.1) is 0 Å². The van der Waals surface area contributed by atoms with Gasteiger partial charge in [0, 0.05) is 38.9 Å². The molecule has 52 heavy (non-hydrogen) atoms. The van der Waals surface area contributed by atoms with E-state index in [1.807, 2.05) is 0 Å². The number of nitrogens with zero attached hydrogens (tertiary/aromatic N) is 3. The van der Waals surface area contributed by atoms with E-state index in [0.717, 1.165) is 17.1 Å². The zero-order valence-electron chi connectivity index (χ0n) is 28.2. The predicted molar refractivity (Wildman–Crippen MR) is 215 cm³/mol. The molecule has 4 heterocycles. The number of quaternary nitrogens is 1. The van der Waals surface area contributed by atoms with Crippen LogP contribution in [-0.2, 0) is 0 Å². The molecule has 0 saturated heterocycles. The van der Waals surface area contributed by atoms with Crippen LogP contribution in [0.2, 0.25) is 0 Å². The van der Waals surface area contributed by atoms with Crippen LogP contribution in [0, 0.1) is 0 Å². The van der Waals surface area contributed by atoms with Crippen LogP contribution in [0.15, 0.2) is 175 Å². The van der Waals surface area contributed by atoms with Crippen LogP contribution in [0.5, 0.6) is 0 Å². The minimum atomic E-state index is 0.0408. The van der Waals surface area contributed by atoms with Crippen molar-refractivity contribution in [1.82, 2.24) is 9.13 Å². The van der Waals surface area contributed by atoms with E-state index >= 15 is 0 Å². The smallest absolute Gasteiger partial charge is 0.215 e. The highest BCUT2D eigenvalue weighted by Gasteiger charge is 2.39. The lowest BCUT2D eigenvalue weighted by molar-refractivity contribution is -0.614. The molecule has 0 amide bonds. The van der Waals surface area contributed by atoms with Gasteiger partial charge in [-0.1, -0.05) is 127 Å². The average molecular weight is 664 g/mol. The zero-order valence-corrected chi connectivity index (χ0v) is 28.2. The molecule has 8 aromatic carbocycles. The van der Waals surface area contributed by atoms with Crippen LogP contribution in [0.1, 0.15) is 11.7 Å². The molecule has 1 unspecified atom stereocenters. The third-order valence-corrected chi connectivity index (χ3v) is 11.4. The summed E-state index contributed by atoms with van der Waals surface area (Å²) in [6.45, 7) is 0. The minimum Gasteiger partial charge on any atom is -0.309 e. The molecule has 2 N–H and O–H groups in total. The Bertz CT molecular complexity index is 3150. The largest absolute Gasteiger partial charge is 0.309 e. The Labute approximate surface area is 299 Å². The summed E-state index contributed by atoms with van der Waals surface area (Å²) in [5, 5.41) is 9.98. The monoisotopic (exact) mass is 663 g/mol. The Morgan fingerprint density at radius 1 is 0.462 bits per heavy atom. The lowest BCUT2D eigenvalue weighted by Crippen LogP contribution is -2.82. The molecule has 0 radical (unpaired) electrons. The molecule has 0 spiro atoms. The fraction of sp³-hybridized carbons (Fsp3) is 0.0208. The maximum Gasteiger partial charge on any atom is 0.215 e. The summed E-state index contributed by atoms with van der Waals surface area (Å²) in [6.07, 6.45) is 0.0408. The van der Waals surface area contributed by atoms with E-state index in [2.05, 4.69) is 184 Å². The van der Waals surface area contributed by atoms with E-state index in [9.17, 15) is 0 Å². The second kappa shape index (κ2) is 10.4. The number of para-hydroxylation sites is 3. The van der Waals surface area contributed by atoms with Crippen molar-refractivity contribution in [2.75, 3.05) is 0 Å². The predicted octanol–water partition coefficient (Wildman–Crippen LogP) is 11.2. The van der Waals surface area contributed by atoms with Crippen molar-refractivity contribution < 1.29 is 5.32 Å². The standard InChI is InChI=1S/C48H30N4/c1-3-13-29(14-4-1)31-23-24-36-43(25-31)51(44-28-37(30-15-5-2-6-16-30)33-17-7-8-19-35(33)45(36)44)32-26-38-34-18-9-12-22-42(34)52-47(38)39(27-32)46-48(52)50-41-21-11-10-20-40(41)49-46/h1-28,48,50H/p+1. The van der Waals surface area contributed by atoms with Crippen molar-refractivity contribution in [1.29, 1.82) is 0 Å². The molecule has 2 aromatic heterocycles. The molecule has 4 nitrogen and oxygen atoms in total. The number of benzene rings is 8. The van der Waals surface area contributed by atoms with Gasteiger partial charge in [-0.3, -0.25) is 9.88 Å². The summed E-state index contributed by atoms with van der Waals surface area (Å²) in [5.41, 5.74) is 15.5. The van der Waals surface area contributed by atoms with Gasteiger partial charge < -0.3 is 4.57 Å². The highest BCUT2D eigenvalue weighted by atomic mass is 15.2. The number of hydrogen-bond acceptors (Lipinski definition) is 1. The normalized spacial score (nSPS) is 14.8. The number of aromatic nitrogens is 2. The first-order chi connectivity index (χ1) is 25.8. The Hall–Kier alpha value is -6.75. The Balaban J connectivity index is 1.24. The van der Waals surface area contributed by atoms with Gasteiger partial charge in [-0.2, -0.15) is 0 Å². The molecule has 2 aliphatic heterocycles. The highest BCUT2D eigenvalue weighted by molar-refractivity contribution is 6.26. The first kappa shape index (κ1) is 28.0. The molecule has 10 aromatic rings. The third-order valence-electron chi connectivity index (χ3n) is 11.4. The minimum absolute atomic E-state index is 0.0408. The molecule has 0 saturated carbocycles. The van der Waals surface area contributed by atoms with Crippen molar-refractivity contribution in [3.8, 4) is 27.9 Å². The first-order valence-corrected chi connectivity index (χ1v) is 18.0. The molecule has 0 bridgehead atoms. The van der Waals surface area contributed by atoms with E-state index in [1.165, 1.54) is 87.9 Å². The second-order valence-electron chi connectivity index (χ2n) is 14.1. The fourth-order valence-corrected chi connectivity index (χ4v) is 9.14. The maximum absolute atomic E-state index is 5.38. The lowest BCUT2D eigenvalue weighted by atomic mass is 9.94. The SMILES string of the molecule is c1ccc(-c2ccc3c4c5ccccc5c(-c5ccccc5)cc4n(-c4cc5c6c(c4)c4ccccc4n6C4[NH2+]c6ccccc6N=C54)c3c2)cc1. The lowest BCUT2D eigenvalue weighted by Gasteiger charge is -2.20. The van der Waals surface area contributed by atoms with E-state index < -0.39 is 0 Å². The number of aliphatic imine (C=N–C) groups is 1. The summed E-state index contributed by atoms with van der Waals surface area (Å²) >= 11 is 0. The van der Waals surface area contributed by atoms with Gasteiger partial charge in [0.15, 0.2) is 5.69 Å². The van der Waals surface area contributed by atoms with Gasteiger partial charge in [0.2, 0.25) is 6.17 Å². The first-order valence-electron chi connectivity index (χ1n) is 18.0. The third kappa shape index (κ3) is 3.76. The van der Waals surface area contributed by atoms with Crippen LogP contribution in [0.25, 0.3) is 82.3 Å². The van der Waals surface area contributed by atoms with Crippen molar-refractivity contribution in [2.24, 2.45) is 4.99 Å². The number of hydrogen-bond donors (Lipinski definition) is 1. The Morgan fingerprint density at radius 3 is 2.02 bits per heavy atom.